The molecule has 0 aliphatic heterocycles. The smallest absolute Gasteiger partial charge is 0.341 e. The molecular weight excluding hydrogens is 390 g/mol. The van der Waals surface area contributed by atoms with Gasteiger partial charge in [-0.1, -0.05) is 60.7 Å². The van der Waals surface area contributed by atoms with Gasteiger partial charge in [0.1, 0.15) is 5.75 Å². The van der Waals surface area contributed by atoms with Crippen molar-refractivity contribution in [3.05, 3.63) is 77.9 Å². The van der Waals surface area contributed by atoms with Crippen molar-refractivity contribution in [1.29, 1.82) is 0 Å². The van der Waals surface area contributed by atoms with Crippen molar-refractivity contribution >= 4 is 26.8 Å². The summed E-state index contributed by atoms with van der Waals surface area (Å²) in [5, 5.41) is 10.4. The molecule has 0 heterocycles. The van der Waals surface area contributed by atoms with Crippen LogP contribution >= 0.6 is 0 Å². The molecule has 2 N–H and O–H groups in total. The molecule has 0 aliphatic rings. The molecule has 0 fully saturated rings. The van der Waals surface area contributed by atoms with Gasteiger partial charge in [-0.3, -0.25) is 0 Å². The van der Waals surface area contributed by atoms with E-state index in [1.165, 1.54) is 0 Å². The number of carboxylic acid groups (broad SMARTS) is 1. The van der Waals surface area contributed by atoms with E-state index in [2.05, 4.69) is 4.72 Å². The van der Waals surface area contributed by atoms with Crippen LogP contribution in [0.4, 0.5) is 0 Å². The number of rotatable bonds is 10. The summed E-state index contributed by atoms with van der Waals surface area (Å²) >= 11 is 0. The first kappa shape index (κ1) is 20.8. The molecule has 0 unspecified atom stereocenters. The van der Waals surface area contributed by atoms with Crippen LogP contribution in [0.25, 0.3) is 10.8 Å². The van der Waals surface area contributed by atoms with Crippen LogP contribution in [0.15, 0.2) is 66.7 Å². The SMILES string of the molecule is O=C(O)COc1cccc2c(CCS(=O)(=O)NCCc3ccccc3)cccc12. The van der Waals surface area contributed by atoms with Gasteiger partial charge in [-0.2, -0.15) is 0 Å². The van der Waals surface area contributed by atoms with Crippen LogP contribution in [0, 0.1) is 0 Å². The highest BCUT2D eigenvalue weighted by Gasteiger charge is 2.13. The molecule has 6 nitrogen and oxygen atoms in total. The summed E-state index contributed by atoms with van der Waals surface area (Å²) in [7, 11) is -3.41. The highest BCUT2D eigenvalue weighted by atomic mass is 32.2. The van der Waals surface area contributed by atoms with E-state index in [0.29, 0.717) is 25.1 Å². The number of sulfonamides is 1. The standard InChI is InChI=1S/C22H23NO5S/c24-22(25)16-28-21-11-5-9-19-18(8-4-10-20(19)21)13-15-29(26,27)23-14-12-17-6-2-1-3-7-17/h1-11,23H,12-16H2,(H,24,25). The van der Waals surface area contributed by atoms with Crippen LogP contribution < -0.4 is 9.46 Å². The number of aryl methyl sites for hydroxylation is 1. The van der Waals surface area contributed by atoms with E-state index in [0.717, 1.165) is 21.9 Å². The first-order valence-corrected chi connectivity index (χ1v) is 11.0. The Bertz CT molecular complexity index is 1080. The normalized spacial score (nSPS) is 11.4. The molecule has 0 amide bonds. The van der Waals surface area contributed by atoms with E-state index in [-0.39, 0.29) is 5.75 Å². The Balaban J connectivity index is 1.65. The second-order valence-corrected chi connectivity index (χ2v) is 8.58. The maximum Gasteiger partial charge on any atom is 0.341 e. The summed E-state index contributed by atoms with van der Waals surface area (Å²) in [5.41, 5.74) is 1.95. The first-order chi connectivity index (χ1) is 13.9. The van der Waals surface area contributed by atoms with Crippen molar-refractivity contribution in [3.8, 4) is 5.75 Å². The second kappa shape index (κ2) is 9.54. The van der Waals surface area contributed by atoms with E-state index in [1.807, 2.05) is 54.6 Å². The molecule has 0 radical (unpaired) electrons. The average Bonchev–Trinajstić information content (AvgIpc) is 2.71. The van der Waals surface area contributed by atoms with Gasteiger partial charge in [0, 0.05) is 11.9 Å². The van der Waals surface area contributed by atoms with Gasteiger partial charge < -0.3 is 9.84 Å². The van der Waals surface area contributed by atoms with Crippen molar-refractivity contribution in [2.24, 2.45) is 0 Å². The molecule has 152 valence electrons. The number of hydrogen-bond acceptors (Lipinski definition) is 4. The zero-order chi connectivity index (χ0) is 20.7. The van der Waals surface area contributed by atoms with E-state index in [1.54, 1.807) is 12.1 Å². The topological polar surface area (TPSA) is 92.7 Å². The van der Waals surface area contributed by atoms with Crippen molar-refractivity contribution in [3.63, 3.8) is 0 Å². The third-order valence-corrected chi connectivity index (χ3v) is 5.93. The molecule has 0 saturated carbocycles. The largest absolute Gasteiger partial charge is 0.481 e. The average molecular weight is 413 g/mol. The Kier molecular flexibility index (Phi) is 6.85. The summed E-state index contributed by atoms with van der Waals surface area (Å²) < 4.78 is 32.7. The monoisotopic (exact) mass is 413 g/mol. The fourth-order valence-electron chi connectivity index (χ4n) is 3.14. The molecule has 3 aromatic rings. The minimum Gasteiger partial charge on any atom is -0.481 e. The number of fused-ring (bicyclic) bond motifs is 1. The van der Waals surface area contributed by atoms with E-state index in [4.69, 9.17) is 9.84 Å². The number of ether oxygens (including phenoxy) is 1. The van der Waals surface area contributed by atoms with E-state index >= 15 is 0 Å². The predicted octanol–water partition coefficient (Wildman–Crippen LogP) is 3.01. The molecule has 0 atom stereocenters. The second-order valence-electron chi connectivity index (χ2n) is 6.65. The van der Waals surface area contributed by atoms with Gasteiger partial charge in [-0.15, -0.1) is 0 Å². The Labute approximate surface area is 170 Å². The van der Waals surface area contributed by atoms with Crippen LogP contribution in [-0.4, -0.2) is 38.4 Å². The summed E-state index contributed by atoms with van der Waals surface area (Å²) in [6.07, 6.45) is 0.985. The number of nitrogens with one attached hydrogen (secondary N) is 1. The lowest BCUT2D eigenvalue weighted by Gasteiger charge is -2.11. The van der Waals surface area contributed by atoms with E-state index in [9.17, 15) is 13.2 Å². The summed E-state index contributed by atoms with van der Waals surface area (Å²) in [6, 6.07) is 20.6. The fraction of sp³-hybridized carbons (Fsp3) is 0.227. The van der Waals surface area contributed by atoms with E-state index < -0.39 is 22.6 Å². The molecule has 0 aromatic heterocycles. The maximum absolute atomic E-state index is 12.4. The summed E-state index contributed by atoms with van der Waals surface area (Å²) in [6.45, 7) is -0.0713. The van der Waals surface area contributed by atoms with Gasteiger partial charge in [-0.05, 0) is 35.4 Å². The molecule has 0 spiro atoms. The summed E-state index contributed by atoms with van der Waals surface area (Å²) in [4.78, 5) is 10.8. The number of benzene rings is 3. The summed E-state index contributed by atoms with van der Waals surface area (Å²) in [5.74, 6) is -0.609. The molecule has 0 saturated heterocycles. The Morgan fingerprint density at radius 3 is 2.38 bits per heavy atom. The lowest BCUT2D eigenvalue weighted by molar-refractivity contribution is -0.139. The predicted molar refractivity (Wildman–Crippen MR) is 113 cm³/mol. The van der Waals surface area contributed by atoms with Crippen molar-refractivity contribution in [1.82, 2.24) is 4.72 Å². The Morgan fingerprint density at radius 1 is 0.897 bits per heavy atom. The third kappa shape index (κ3) is 6.04. The number of carboxylic acids is 1. The van der Waals surface area contributed by atoms with Crippen LogP contribution in [0.3, 0.4) is 0 Å². The van der Waals surface area contributed by atoms with Gasteiger partial charge >= 0.3 is 5.97 Å². The lowest BCUT2D eigenvalue weighted by atomic mass is 10.0. The fourth-order valence-corrected chi connectivity index (χ4v) is 4.19. The van der Waals surface area contributed by atoms with Crippen LogP contribution in [0.2, 0.25) is 0 Å². The Hall–Kier alpha value is -2.90. The molecule has 7 heteroatoms. The quantitative estimate of drug-likeness (QED) is 0.533. The third-order valence-electron chi connectivity index (χ3n) is 4.54. The molecule has 0 aliphatic carbocycles. The molecule has 0 bridgehead atoms. The lowest BCUT2D eigenvalue weighted by Crippen LogP contribution is -2.29. The highest BCUT2D eigenvalue weighted by molar-refractivity contribution is 7.89. The number of aliphatic carboxylic acids is 1. The van der Waals surface area contributed by atoms with Crippen LogP contribution in [0.1, 0.15) is 11.1 Å². The van der Waals surface area contributed by atoms with Gasteiger partial charge in [0.2, 0.25) is 10.0 Å². The molecule has 3 aromatic carbocycles. The minimum absolute atomic E-state index is 0.0267. The highest BCUT2D eigenvalue weighted by Crippen LogP contribution is 2.28. The van der Waals surface area contributed by atoms with Crippen molar-refractivity contribution in [2.75, 3.05) is 18.9 Å². The van der Waals surface area contributed by atoms with Gasteiger partial charge in [0.05, 0.1) is 5.75 Å². The zero-order valence-electron chi connectivity index (χ0n) is 15.9. The maximum atomic E-state index is 12.4. The van der Waals surface area contributed by atoms with Crippen LogP contribution in [0.5, 0.6) is 5.75 Å². The zero-order valence-corrected chi connectivity index (χ0v) is 16.7. The van der Waals surface area contributed by atoms with Crippen molar-refractivity contribution in [2.45, 2.75) is 12.8 Å². The number of carbonyl (C=O) groups is 1. The first-order valence-electron chi connectivity index (χ1n) is 9.31. The van der Waals surface area contributed by atoms with Gasteiger partial charge in [0.25, 0.3) is 0 Å². The van der Waals surface area contributed by atoms with Crippen LogP contribution in [-0.2, 0) is 27.7 Å². The molecular formula is C22H23NO5S. The number of hydrogen-bond donors (Lipinski definition) is 2. The van der Waals surface area contributed by atoms with Gasteiger partial charge in [-0.25, -0.2) is 17.9 Å². The van der Waals surface area contributed by atoms with Gasteiger partial charge in [0.15, 0.2) is 6.61 Å². The molecule has 3 rings (SSSR count). The molecule has 29 heavy (non-hydrogen) atoms. The minimum atomic E-state index is -3.41. The Morgan fingerprint density at radius 2 is 1.62 bits per heavy atom. The van der Waals surface area contributed by atoms with Crippen molar-refractivity contribution < 1.29 is 23.1 Å².